The first-order chi connectivity index (χ1) is 11.6. The van der Waals surface area contributed by atoms with Crippen LogP contribution in [0.15, 0.2) is 60.7 Å². The summed E-state index contributed by atoms with van der Waals surface area (Å²) in [6, 6.07) is 20.8. The predicted molar refractivity (Wildman–Crippen MR) is 97.9 cm³/mol. The van der Waals surface area contributed by atoms with E-state index < -0.39 is 16.4 Å². The van der Waals surface area contributed by atoms with Crippen molar-refractivity contribution in [3.63, 3.8) is 0 Å². The highest BCUT2D eigenvalue weighted by molar-refractivity contribution is 8.00. The van der Waals surface area contributed by atoms with Gasteiger partial charge < -0.3 is 5.11 Å². The van der Waals surface area contributed by atoms with Gasteiger partial charge in [-0.2, -0.15) is 20.2 Å². The summed E-state index contributed by atoms with van der Waals surface area (Å²) < 4.78 is 21.0. The number of benzene rings is 2. The van der Waals surface area contributed by atoms with Gasteiger partial charge in [0.1, 0.15) is 0 Å². The molecule has 0 aromatic heterocycles. The van der Waals surface area contributed by atoms with Gasteiger partial charge in [-0.05, 0) is 11.1 Å². The number of carbonyl (C=O) groups is 1. The van der Waals surface area contributed by atoms with Crippen LogP contribution in [0.1, 0.15) is 0 Å². The van der Waals surface area contributed by atoms with Crippen LogP contribution >= 0.6 is 11.8 Å². The monoisotopic (exact) mass is 363 g/mol. The number of carboxylic acid groups (broad SMARTS) is 1. The van der Waals surface area contributed by atoms with E-state index in [1.165, 1.54) is 22.9 Å². The molecule has 0 saturated carbocycles. The zero-order chi connectivity index (χ0) is 17.4. The smallest absolute Gasteiger partial charge is 0.412 e. The highest BCUT2D eigenvalue weighted by Gasteiger charge is 2.23. The van der Waals surface area contributed by atoms with Gasteiger partial charge in [0.05, 0.1) is 0 Å². The number of nitrogens with zero attached hydrogens (tertiary/aromatic N) is 1. The van der Waals surface area contributed by atoms with Crippen molar-refractivity contribution >= 4 is 33.1 Å². The normalized spacial score (nSPS) is 13.7. The molecule has 1 heterocycles. The molecule has 3 rings (SSSR count). The Hall–Kier alpha value is -2.25. The third kappa shape index (κ3) is 5.14. The molecule has 0 aliphatic carbocycles. The lowest BCUT2D eigenvalue weighted by atomic mass is 10.1. The quantitative estimate of drug-likeness (QED) is 0.788. The van der Waals surface area contributed by atoms with Crippen molar-refractivity contribution in [2.75, 3.05) is 18.1 Å². The van der Waals surface area contributed by atoms with Gasteiger partial charge in [-0.15, -0.1) is 0 Å². The minimum absolute atomic E-state index is 0.0428. The fraction of sp³-hybridized carbons (Fsp3) is 0.176. The molecule has 0 bridgehead atoms. The molecule has 1 aliphatic rings. The lowest BCUT2D eigenvalue weighted by Crippen LogP contribution is -2.42. The van der Waals surface area contributed by atoms with Crippen molar-refractivity contribution in [3.8, 4) is 11.1 Å². The number of rotatable bonds is 1. The second-order valence-electron chi connectivity index (χ2n) is 4.85. The first-order valence-electron chi connectivity index (χ1n) is 7.23. The summed E-state index contributed by atoms with van der Waals surface area (Å²) in [6.07, 6.45) is -1.20. The van der Waals surface area contributed by atoms with E-state index in [4.69, 9.17) is 5.11 Å². The Kier molecular flexibility index (Phi) is 6.89. The molecule has 24 heavy (non-hydrogen) atoms. The van der Waals surface area contributed by atoms with E-state index in [1.54, 1.807) is 0 Å². The van der Waals surface area contributed by atoms with Gasteiger partial charge in [-0.3, -0.25) is 4.90 Å². The molecule has 1 saturated heterocycles. The molecule has 5 nitrogen and oxygen atoms in total. The summed E-state index contributed by atoms with van der Waals surface area (Å²) in [5.74, 6) is 0.898. The second-order valence-corrected chi connectivity index (χ2v) is 6.89. The largest absolute Gasteiger partial charge is 0.465 e. The van der Waals surface area contributed by atoms with Crippen molar-refractivity contribution < 1.29 is 18.3 Å². The number of thioether (sulfide) groups is 1. The summed E-state index contributed by atoms with van der Waals surface area (Å²) in [4.78, 5) is 11.3. The predicted octanol–water partition coefficient (Wildman–Crippen LogP) is 3.08. The Morgan fingerprint density at radius 2 is 1.46 bits per heavy atom. The SMILES string of the molecule is O=C(O)N1CCSCC1=S(=O)=O.c1ccc(-c2ccccc2)cc1. The van der Waals surface area contributed by atoms with E-state index in [9.17, 15) is 13.2 Å². The lowest BCUT2D eigenvalue weighted by molar-refractivity contribution is 0.171. The van der Waals surface area contributed by atoms with Crippen LogP contribution < -0.4 is 0 Å². The van der Waals surface area contributed by atoms with Crippen molar-refractivity contribution in [3.05, 3.63) is 60.7 Å². The van der Waals surface area contributed by atoms with Crippen LogP contribution in [0.5, 0.6) is 0 Å². The zero-order valence-electron chi connectivity index (χ0n) is 12.8. The number of hydrogen-bond donors (Lipinski definition) is 1. The molecule has 7 heteroatoms. The van der Waals surface area contributed by atoms with Crippen molar-refractivity contribution in [2.45, 2.75) is 0 Å². The van der Waals surface area contributed by atoms with Crippen LogP contribution in [0, 0.1) is 0 Å². The molecule has 1 aliphatic heterocycles. The molecule has 0 unspecified atom stereocenters. The van der Waals surface area contributed by atoms with E-state index in [-0.39, 0.29) is 17.3 Å². The van der Waals surface area contributed by atoms with E-state index in [0.29, 0.717) is 5.75 Å². The second kappa shape index (κ2) is 9.14. The first kappa shape index (κ1) is 18.1. The van der Waals surface area contributed by atoms with E-state index >= 15 is 0 Å². The molecule has 1 N–H and O–H groups in total. The Balaban J connectivity index is 0.000000174. The summed E-state index contributed by atoms with van der Waals surface area (Å²) in [7, 11) is -2.41. The number of amides is 1. The molecule has 126 valence electrons. The number of hydrogen-bond acceptors (Lipinski definition) is 4. The molecule has 0 radical (unpaired) electrons. The van der Waals surface area contributed by atoms with Crippen LogP contribution in [-0.2, 0) is 10.3 Å². The van der Waals surface area contributed by atoms with Gasteiger partial charge in [0, 0.05) is 18.1 Å². The molecule has 1 fully saturated rings. The average Bonchev–Trinajstić information content (AvgIpc) is 2.63. The molecule has 1 amide bonds. The van der Waals surface area contributed by atoms with Gasteiger partial charge in [0.25, 0.3) is 0 Å². The summed E-state index contributed by atoms with van der Waals surface area (Å²) in [6.45, 7) is 0.253. The maximum Gasteiger partial charge on any atom is 0.412 e. The van der Waals surface area contributed by atoms with Crippen molar-refractivity contribution in [2.24, 2.45) is 0 Å². The summed E-state index contributed by atoms with van der Waals surface area (Å²) in [5.41, 5.74) is 2.55. The van der Waals surface area contributed by atoms with Crippen LogP contribution in [0.25, 0.3) is 11.1 Å². The molecule has 2 aromatic rings. The van der Waals surface area contributed by atoms with Crippen LogP contribution in [0.3, 0.4) is 0 Å². The topological polar surface area (TPSA) is 74.7 Å². The van der Waals surface area contributed by atoms with Gasteiger partial charge in [-0.25, -0.2) is 4.79 Å². The van der Waals surface area contributed by atoms with E-state index in [0.717, 1.165) is 4.90 Å². The zero-order valence-corrected chi connectivity index (χ0v) is 14.5. The first-order valence-corrected chi connectivity index (χ1v) is 9.46. The summed E-state index contributed by atoms with van der Waals surface area (Å²) >= 11 is 1.42. The maximum atomic E-state index is 10.5. The van der Waals surface area contributed by atoms with Gasteiger partial charge >= 0.3 is 6.09 Å². The van der Waals surface area contributed by atoms with Crippen LogP contribution in [-0.4, -0.2) is 47.6 Å². The Morgan fingerprint density at radius 3 is 1.83 bits per heavy atom. The maximum absolute atomic E-state index is 10.5. The van der Waals surface area contributed by atoms with Crippen molar-refractivity contribution in [1.82, 2.24) is 4.90 Å². The lowest BCUT2D eigenvalue weighted by Gasteiger charge is -2.22. The molecular weight excluding hydrogens is 346 g/mol. The third-order valence-corrected chi connectivity index (χ3v) is 5.17. The molecular formula is C17H17NO4S2. The van der Waals surface area contributed by atoms with E-state index in [1.807, 2.05) is 12.1 Å². The van der Waals surface area contributed by atoms with Crippen molar-refractivity contribution in [1.29, 1.82) is 0 Å². The highest BCUT2D eigenvalue weighted by Crippen LogP contribution is 2.17. The van der Waals surface area contributed by atoms with Gasteiger partial charge in [-0.1, -0.05) is 60.7 Å². The fourth-order valence-electron chi connectivity index (χ4n) is 2.12. The van der Waals surface area contributed by atoms with Crippen LogP contribution in [0.4, 0.5) is 4.79 Å². The minimum Gasteiger partial charge on any atom is -0.465 e. The Bertz CT molecular complexity index is 759. The van der Waals surface area contributed by atoms with E-state index in [2.05, 4.69) is 48.5 Å². The minimum atomic E-state index is -2.41. The van der Waals surface area contributed by atoms with Gasteiger partial charge in [0.15, 0.2) is 4.99 Å². The Morgan fingerprint density at radius 1 is 0.958 bits per heavy atom. The molecule has 0 spiro atoms. The molecule has 2 aromatic carbocycles. The third-order valence-electron chi connectivity index (χ3n) is 3.29. The van der Waals surface area contributed by atoms with Gasteiger partial charge in [0.2, 0.25) is 10.3 Å². The standard InChI is InChI=1S/C12H10.C5H7NO4S2/c1-3-7-11(8-4-1)12-9-5-2-6-10-12;7-5(8)6-1-2-11-3-4(6)12(9)10/h1-10H;1-3H2,(H,7,8). The highest BCUT2D eigenvalue weighted by atomic mass is 32.2. The Labute approximate surface area is 146 Å². The fourth-order valence-corrected chi connectivity index (χ4v) is 3.89. The molecule has 0 atom stereocenters. The van der Waals surface area contributed by atoms with Crippen LogP contribution in [0.2, 0.25) is 0 Å². The average molecular weight is 363 g/mol. The summed E-state index contributed by atoms with van der Waals surface area (Å²) in [5, 5.41) is 8.58.